The molecule has 1 saturated heterocycles. The van der Waals surface area contributed by atoms with Gasteiger partial charge in [-0.25, -0.2) is 4.79 Å². The Morgan fingerprint density at radius 1 is 1.37 bits per heavy atom. The van der Waals surface area contributed by atoms with Crippen LogP contribution in [-0.2, 0) is 21.3 Å². The molecule has 2 amide bonds. The lowest BCUT2D eigenvalue weighted by molar-refractivity contribution is -0.149. The van der Waals surface area contributed by atoms with Crippen molar-refractivity contribution in [3.63, 3.8) is 0 Å². The predicted octanol–water partition coefficient (Wildman–Crippen LogP) is 3.45. The maximum atomic E-state index is 12.7. The molecule has 7 heteroatoms. The first-order chi connectivity index (χ1) is 12.6. The third-order valence-electron chi connectivity index (χ3n) is 5.74. The number of aliphatic carboxylic acids is 1. The number of urea groups is 1. The molecule has 2 aliphatic rings. The molecule has 0 aromatic heterocycles. The number of benzene rings is 1. The Morgan fingerprint density at radius 2 is 2.11 bits per heavy atom. The number of fused-ring (bicyclic) bond motifs is 1. The Kier molecular flexibility index (Phi) is 5.34. The summed E-state index contributed by atoms with van der Waals surface area (Å²) in [6.45, 7) is 6.59. The molecule has 6 nitrogen and oxygen atoms in total. The van der Waals surface area contributed by atoms with Crippen LogP contribution < -0.4 is 5.32 Å². The number of anilines is 1. The summed E-state index contributed by atoms with van der Waals surface area (Å²) < 4.78 is 12.1. The standard InChI is InChI=1S/C20H28N2O4S/c1-19(2,3)27(26)12-14-6-4-8-16(10-14)21-18(25)22-11-15-7-5-9-20(15,13-22)17(23)24/h4,6,8,10,15H,5,7,9,11-13H2,1-3H3,(H,21,25)(H,23,24)/t15-,20+,27?/m0/s1. The third kappa shape index (κ3) is 4.03. The summed E-state index contributed by atoms with van der Waals surface area (Å²) in [5.74, 6) is -0.311. The van der Waals surface area contributed by atoms with Gasteiger partial charge in [0.2, 0.25) is 0 Å². The second-order valence-electron chi connectivity index (χ2n) is 8.66. The van der Waals surface area contributed by atoms with Crippen molar-refractivity contribution >= 4 is 28.5 Å². The summed E-state index contributed by atoms with van der Waals surface area (Å²) in [5.41, 5.74) is 0.772. The van der Waals surface area contributed by atoms with Gasteiger partial charge in [-0.1, -0.05) is 18.6 Å². The van der Waals surface area contributed by atoms with Gasteiger partial charge < -0.3 is 15.3 Å². The topological polar surface area (TPSA) is 86.7 Å². The highest BCUT2D eigenvalue weighted by atomic mass is 32.2. The van der Waals surface area contributed by atoms with E-state index in [2.05, 4.69) is 5.32 Å². The van der Waals surface area contributed by atoms with Crippen LogP contribution in [-0.4, -0.2) is 44.1 Å². The van der Waals surface area contributed by atoms with Gasteiger partial charge in [0, 0.05) is 40.1 Å². The second kappa shape index (κ2) is 7.26. The number of carboxylic acid groups (broad SMARTS) is 1. The number of rotatable bonds is 4. The summed E-state index contributed by atoms with van der Waals surface area (Å²) in [4.78, 5) is 26.1. The molecular formula is C20H28N2O4S. The maximum Gasteiger partial charge on any atom is 0.321 e. The lowest BCUT2D eigenvalue weighted by Gasteiger charge is -2.23. The summed E-state index contributed by atoms with van der Waals surface area (Å²) in [7, 11) is -1.01. The molecule has 0 spiro atoms. The van der Waals surface area contributed by atoms with E-state index in [0.717, 1.165) is 18.4 Å². The highest BCUT2D eigenvalue weighted by Gasteiger charge is 2.55. The maximum absolute atomic E-state index is 12.7. The van der Waals surface area contributed by atoms with Crippen LogP contribution in [0, 0.1) is 11.3 Å². The molecule has 3 rings (SSSR count). The Bertz CT molecular complexity index is 773. The van der Waals surface area contributed by atoms with E-state index in [1.54, 1.807) is 11.0 Å². The molecule has 1 aromatic carbocycles. The highest BCUT2D eigenvalue weighted by Crippen LogP contribution is 2.48. The Labute approximate surface area is 162 Å². The molecule has 27 heavy (non-hydrogen) atoms. The van der Waals surface area contributed by atoms with Crippen molar-refractivity contribution in [3.8, 4) is 0 Å². The summed E-state index contributed by atoms with van der Waals surface area (Å²) in [6, 6.07) is 7.11. The number of carbonyl (C=O) groups excluding carboxylic acids is 1. The molecule has 0 bridgehead atoms. The van der Waals surface area contributed by atoms with Gasteiger partial charge in [0.15, 0.2) is 0 Å². The molecule has 2 N–H and O–H groups in total. The zero-order valence-corrected chi connectivity index (χ0v) is 17.0. The van der Waals surface area contributed by atoms with E-state index in [9.17, 15) is 18.9 Å². The van der Waals surface area contributed by atoms with Crippen LogP contribution >= 0.6 is 0 Å². The van der Waals surface area contributed by atoms with E-state index in [1.807, 2.05) is 39.0 Å². The average molecular weight is 393 g/mol. The Morgan fingerprint density at radius 3 is 2.74 bits per heavy atom. The van der Waals surface area contributed by atoms with Gasteiger partial charge in [0.05, 0.1) is 5.41 Å². The zero-order valence-electron chi connectivity index (χ0n) is 16.2. The number of hydrogen-bond donors (Lipinski definition) is 2. The van der Waals surface area contributed by atoms with Crippen molar-refractivity contribution in [1.82, 2.24) is 4.90 Å². The molecule has 1 aromatic rings. The number of likely N-dealkylation sites (tertiary alicyclic amines) is 1. The zero-order chi connectivity index (χ0) is 19.8. The van der Waals surface area contributed by atoms with Gasteiger partial charge >= 0.3 is 12.0 Å². The van der Waals surface area contributed by atoms with Crippen LogP contribution in [0.25, 0.3) is 0 Å². The molecule has 0 radical (unpaired) electrons. The van der Waals surface area contributed by atoms with Crippen molar-refractivity contribution in [3.05, 3.63) is 29.8 Å². The van der Waals surface area contributed by atoms with Crippen molar-refractivity contribution in [2.75, 3.05) is 18.4 Å². The van der Waals surface area contributed by atoms with E-state index in [4.69, 9.17) is 0 Å². The van der Waals surface area contributed by atoms with Crippen molar-refractivity contribution < 1.29 is 18.9 Å². The minimum absolute atomic E-state index is 0.0429. The largest absolute Gasteiger partial charge is 0.481 e. The molecule has 1 saturated carbocycles. The molecule has 1 aliphatic heterocycles. The van der Waals surface area contributed by atoms with E-state index in [0.29, 0.717) is 24.4 Å². The average Bonchev–Trinajstić information content (AvgIpc) is 3.12. The van der Waals surface area contributed by atoms with Crippen LogP contribution in [0.2, 0.25) is 0 Å². The molecule has 2 fully saturated rings. The molecule has 148 valence electrons. The lowest BCUT2D eigenvalue weighted by Crippen LogP contribution is -2.38. The van der Waals surface area contributed by atoms with Crippen LogP contribution in [0.5, 0.6) is 0 Å². The number of hydrogen-bond acceptors (Lipinski definition) is 3. The quantitative estimate of drug-likeness (QED) is 0.822. The number of amides is 2. The monoisotopic (exact) mass is 392 g/mol. The van der Waals surface area contributed by atoms with E-state index < -0.39 is 22.2 Å². The van der Waals surface area contributed by atoms with Crippen LogP contribution in [0.1, 0.15) is 45.6 Å². The first kappa shape index (κ1) is 19.9. The molecule has 1 heterocycles. The van der Waals surface area contributed by atoms with Gasteiger partial charge in [-0.2, -0.15) is 0 Å². The summed E-state index contributed by atoms with van der Waals surface area (Å²) >= 11 is 0. The van der Waals surface area contributed by atoms with Crippen LogP contribution in [0.15, 0.2) is 24.3 Å². The normalized spacial score (nSPS) is 25.9. The van der Waals surface area contributed by atoms with Gasteiger partial charge in [-0.15, -0.1) is 0 Å². The van der Waals surface area contributed by atoms with Gasteiger partial charge in [-0.05, 0) is 57.2 Å². The van der Waals surface area contributed by atoms with E-state index in [1.165, 1.54) is 0 Å². The number of nitrogens with zero attached hydrogens (tertiary/aromatic N) is 1. The van der Waals surface area contributed by atoms with Crippen molar-refractivity contribution in [1.29, 1.82) is 0 Å². The number of carbonyl (C=O) groups is 2. The van der Waals surface area contributed by atoms with Crippen molar-refractivity contribution in [2.24, 2.45) is 11.3 Å². The van der Waals surface area contributed by atoms with E-state index >= 15 is 0 Å². The highest BCUT2D eigenvalue weighted by molar-refractivity contribution is 7.85. The number of nitrogens with one attached hydrogen (secondary N) is 1. The lowest BCUT2D eigenvalue weighted by atomic mass is 9.81. The van der Waals surface area contributed by atoms with Crippen LogP contribution in [0.4, 0.5) is 10.5 Å². The minimum Gasteiger partial charge on any atom is -0.481 e. The molecular weight excluding hydrogens is 364 g/mol. The predicted molar refractivity (Wildman–Crippen MR) is 106 cm³/mol. The smallest absolute Gasteiger partial charge is 0.321 e. The minimum atomic E-state index is -1.01. The fourth-order valence-corrected chi connectivity index (χ4v) is 5.02. The van der Waals surface area contributed by atoms with Crippen molar-refractivity contribution in [2.45, 2.75) is 50.5 Å². The Hall–Kier alpha value is -1.89. The van der Waals surface area contributed by atoms with Gasteiger partial charge in [0.1, 0.15) is 0 Å². The fourth-order valence-electron chi connectivity index (χ4n) is 4.10. The summed E-state index contributed by atoms with van der Waals surface area (Å²) in [6.07, 6.45) is 2.43. The SMILES string of the molecule is CC(C)(C)S(=O)Cc1cccc(NC(=O)N2C[C@@H]3CCC[C@@]3(C(=O)O)C2)c1. The molecule has 3 atom stereocenters. The number of carboxylic acids is 1. The molecule has 1 aliphatic carbocycles. The first-order valence-electron chi connectivity index (χ1n) is 9.38. The molecule has 1 unspecified atom stereocenters. The Balaban J connectivity index is 1.66. The fraction of sp³-hybridized carbons (Fsp3) is 0.600. The first-order valence-corrected chi connectivity index (χ1v) is 10.7. The third-order valence-corrected chi connectivity index (χ3v) is 7.70. The van der Waals surface area contributed by atoms with Gasteiger partial charge in [0.25, 0.3) is 0 Å². The van der Waals surface area contributed by atoms with Crippen LogP contribution in [0.3, 0.4) is 0 Å². The summed E-state index contributed by atoms with van der Waals surface area (Å²) in [5, 5.41) is 12.5. The van der Waals surface area contributed by atoms with Gasteiger partial charge in [-0.3, -0.25) is 9.00 Å². The van der Waals surface area contributed by atoms with E-state index in [-0.39, 0.29) is 23.2 Å². The second-order valence-corrected chi connectivity index (χ2v) is 10.9.